The third kappa shape index (κ3) is 3.33. The SMILES string of the molecule is Nc1nn(-c2c(Cl)cc(C(F)(F)F)cc2Cl)c(S)c1C(F)(F)F. The van der Waals surface area contributed by atoms with Crippen molar-refractivity contribution in [2.45, 2.75) is 17.4 Å². The summed E-state index contributed by atoms with van der Waals surface area (Å²) in [5.74, 6) is -0.908. The fourth-order valence-corrected chi connectivity index (χ4v) is 2.82. The van der Waals surface area contributed by atoms with Gasteiger partial charge in [0.15, 0.2) is 5.82 Å². The lowest BCUT2D eigenvalue weighted by atomic mass is 10.2. The predicted molar refractivity (Wildman–Crippen MR) is 75.3 cm³/mol. The molecule has 1 aromatic heterocycles. The molecule has 0 aliphatic rings. The zero-order valence-corrected chi connectivity index (χ0v) is 13.0. The van der Waals surface area contributed by atoms with Crippen LogP contribution in [0, 0.1) is 0 Å². The summed E-state index contributed by atoms with van der Waals surface area (Å²) in [4.78, 5) is 0. The Bertz CT molecular complexity index is 745. The lowest BCUT2D eigenvalue weighted by Gasteiger charge is -2.13. The lowest BCUT2D eigenvalue weighted by molar-refractivity contribution is -0.139. The van der Waals surface area contributed by atoms with E-state index >= 15 is 0 Å². The van der Waals surface area contributed by atoms with E-state index in [9.17, 15) is 26.3 Å². The van der Waals surface area contributed by atoms with E-state index < -0.39 is 50.1 Å². The maximum atomic E-state index is 12.9. The lowest BCUT2D eigenvalue weighted by Crippen LogP contribution is -2.09. The van der Waals surface area contributed by atoms with E-state index in [-0.39, 0.29) is 0 Å². The number of anilines is 1. The summed E-state index contributed by atoms with van der Waals surface area (Å²) < 4.78 is 77.1. The first-order chi connectivity index (χ1) is 10.3. The van der Waals surface area contributed by atoms with Gasteiger partial charge in [-0.05, 0) is 12.1 Å². The molecule has 0 spiro atoms. The smallest absolute Gasteiger partial charge is 0.382 e. The van der Waals surface area contributed by atoms with Crippen molar-refractivity contribution in [1.29, 1.82) is 0 Å². The van der Waals surface area contributed by atoms with E-state index in [0.717, 1.165) is 0 Å². The van der Waals surface area contributed by atoms with Crippen LogP contribution in [0.5, 0.6) is 0 Å². The predicted octanol–water partition coefficient (Wildman–Crippen LogP) is 5.09. The van der Waals surface area contributed by atoms with Gasteiger partial charge in [-0.2, -0.15) is 26.3 Å². The molecule has 0 amide bonds. The molecule has 0 bridgehead atoms. The van der Waals surface area contributed by atoms with Crippen molar-refractivity contribution in [3.8, 4) is 5.69 Å². The topological polar surface area (TPSA) is 43.8 Å². The number of benzene rings is 1. The van der Waals surface area contributed by atoms with Crippen LogP contribution in [0.1, 0.15) is 11.1 Å². The summed E-state index contributed by atoms with van der Waals surface area (Å²) in [5, 5.41) is 1.54. The molecule has 0 saturated carbocycles. The van der Waals surface area contributed by atoms with Gasteiger partial charge in [0.25, 0.3) is 0 Å². The molecule has 0 unspecified atom stereocenters. The summed E-state index contributed by atoms with van der Waals surface area (Å²) in [6, 6.07) is 1.03. The Kier molecular flexibility index (Phi) is 4.46. The van der Waals surface area contributed by atoms with Crippen LogP contribution in [-0.2, 0) is 12.4 Å². The molecular weight excluding hydrogens is 391 g/mol. The van der Waals surface area contributed by atoms with Gasteiger partial charge in [0, 0.05) is 0 Å². The Morgan fingerprint density at radius 2 is 1.48 bits per heavy atom. The van der Waals surface area contributed by atoms with Gasteiger partial charge < -0.3 is 5.73 Å². The third-order valence-electron chi connectivity index (χ3n) is 2.73. The number of nitrogens with zero attached hydrogens (tertiary/aromatic N) is 2. The van der Waals surface area contributed by atoms with Gasteiger partial charge in [0.05, 0.1) is 15.6 Å². The first-order valence-electron chi connectivity index (χ1n) is 5.55. The molecule has 0 atom stereocenters. The van der Waals surface area contributed by atoms with Crippen molar-refractivity contribution >= 4 is 41.6 Å². The molecule has 3 nitrogen and oxygen atoms in total. The molecule has 2 aromatic rings. The number of alkyl halides is 6. The first kappa shape index (κ1) is 18.1. The van der Waals surface area contributed by atoms with Crippen LogP contribution in [-0.4, -0.2) is 9.78 Å². The van der Waals surface area contributed by atoms with Gasteiger partial charge in [0.2, 0.25) is 0 Å². The number of hydrogen-bond donors (Lipinski definition) is 2. The van der Waals surface area contributed by atoms with Crippen LogP contribution in [0.3, 0.4) is 0 Å². The summed E-state index contributed by atoms with van der Waals surface area (Å²) in [5.41, 5.74) is 2.30. The standard InChI is InChI=1S/C11H5Cl2F6N3S/c12-4-1-3(10(14,15)16)2-5(13)7(4)22-9(23)6(8(20)21-22)11(17,18)19/h1-2,23H,(H2,20,21). The highest BCUT2D eigenvalue weighted by atomic mass is 35.5. The van der Waals surface area contributed by atoms with E-state index in [4.69, 9.17) is 28.9 Å². The van der Waals surface area contributed by atoms with Gasteiger partial charge >= 0.3 is 12.4 Å². The molecule has 12 heteroatoms. The van der Waals surface area contributed by atoms with Crippen LogP contribution >= 0.6 is 35.8 Å². The van der Waals surface area contributed by atoms with Crippen LogP contribution in [0.4, 0.5) is 32.2 Å². The van der Waals surface area contributed by atoms with E-state index in [1.807, 2.05) is 0 Å². The summed E-state index contributed by atoms with van der Waals surface area (Å²) in [6.45, 7) is 0. The summed E-state index contributed by atoms with van der Waals surface area (Å²) >= 11 is 15.1. The van der Waals surface area contributed by atoms with E-state index in [1.54, 1.807) is 0 Å². The molecule has 23 heavy (non-hydrogen) atoms. The van der Waals surface area contributed by atoms with E-state index in [0.29, 0.717) is 16.8 Å². The quantitative estimate of drug-likeness (QED) is 0.521. The molecular formula is C11H5Cl2F6N3S. The van der Waals surface area contributed by atoms with Gasteiger partial charge in [-0.1, -0.05) is 23.2 Å². The van der Waals surface area contributed by atoms with E-state index in [2.05, 4.69) is 17.7 Å². The molecule has 2 rings (SSSR count). The second-order valence-corrected chi connectivity index (χ2v) is 5.52. The molecule has 0 radical (unpaired) electrons. The fourth-order valence-electron chi connectivity index (χ4n) is 1.78. The maximum absolute atomic E-state index is 12.9. The van der Waals surface area contributed by atoms with Gasteiger partial charge in [-0.25, -0.2) is 4.68 Å². The Labute approximate surface area is 140 Å². The number of nitrogen functional groups attached to an aromatic ring is 1. The Balaban J connectivity index is 2.70. The Morgan fingerprint density at radius 3 is 1.83 bits per heavy atom. The summed E-state index contributed by atoms with van der Waals surface area (Å²) in [7, 11) is 0. The Hall–Kier alpha value is -1.26. The van der Waals surface area contributed by atoms with Crippen LogP contribution in [0.2, 0.25) is 10.0 Å². The van der Waals surface area contributed by atoms with Crippen molar-refractivity contribution in [3.05, 3.63) is 33.3 Å². The minimum absolute atomic E-state index is 0.395. The molecule has 1 aromatic carbocycles. The maximum Gasteiger partial charge on any atom is 0.422 e. The van der Waals surface area contributed by atoms with Crippen molar-refractivity contribution < 1.29 is 26.3 Å². The van der Waals surface area contributed by atoms with E-state index in [1.165, 1.54) is 0 Å². The van der Waals surface area contributed by atoms with Crippen molar-refractivity contribution in [1.82, 2.24) is 9.78 Å². The largest absolute Gasteiger partial charge is 0.422 e. The average Bonchev–Trinajstić information content (AvgIpc) is 2.62. The monoisotopic (exact) mass is 395 g/mol. The van der Waals surface area contributed by atoms with Crippen LogP contribution in [0.15, 0.2) is 17.2 Å². The summed E-state index contributed by atoms with van der Waals surface area (Å²) in [6.07, 6.45) is -9.58. The zero-order chi connectivity index (χ0) is 17.7. The van der Waals surface area contributed by atoms with Gasteiger partial charge in [0.1, 0.15) is 16.3 Å². The molecule has 2 N–H and O–H groups in total. The Morgan fingerprint density at radius 1 is 1.00 bits per heavy atom. The molecule has 0 fully saturated rings. The molecule has 126 valence electrons. The number of nitrogens with two attached hydrogens (primary N) is 1. The van der Waals surface area contributed by atoms with Crippen LogP contribution < -0.4 is 5.73 Å². The van der Waals surface area contributed by atoms with Crippen molar-refractivity contribution in [3.63, 3.8) is 0 Å². The molecule has 0 saturated heterocycles. The second-order valence-electron chi connectivity index (χ2n) is 4.28. The van der Waals surface area contributed by atoms with Crippen molar-refractivity contribution in [2.75, 3.05) is 5.73 Å². The minimum Gasteiger partial charge on any atom is -0.382 e. The van der Waals surface area contributed by atoms with Gasteiger partial charge in [-0.3, -0.25) is 0 Å². The highest BCUT2D eigenvalue weighted by Crippen LogP contribution is 2.42. The van der Waals surface area contributed by atoms with Crippen LogP contribution in [0.25, 0.3) is 5.69 Å². The number of aromatic nitrogens is 2. The number of halogens is 8. The molecule has 0 aliphatic carbocycles. The van der Waals surface area contributed by atoms with Crippen molar-refractivity contribution in [2.24, 2.45) is 0 Å². The first-order valence-corrected chi connectivity index (χ1v) is 6.75. The highest BCUT2D eigenvalue weighted by Gasteiger charge is 2.39. The zero-order valence-electron chi connectivity index (χ0n) is 10.6. The van der Waals surface area contributed by atoms with Gasteiger partial charge in [-0.15, -0.1) is 17.7 Å². The fraction of sp³-hybridized carbons (Fsp3) is 0.182. The molecule has 0 aliphatic heterocycles. The number of thiol groups is 1. The normalized spacial score (nSPS) is 12.7. The number of hydrogen-bond acceptors (Lipinski definition) is 3. The minimum atomic E-state index is -4.86. The molecule has 1 heterocycles. The third-order valence-corrected chi connectivity index (χ3v) is 3.72. The highest BCUT2D eigenvalue weighted by molar-refractivity contribution is 7.80. The number of rotatable bonds is 1. The average molecular weight is 396 g/mol. The second kappa shape index (κ2) is 5.67.